The molecule has 1 aromatic carbocycles. The van der Waals surface area contributed by atoms with Gasteiger partial charge in [0.25, 0.3) is 0 Å². The first kappa shape index (κ1) is 19.6. The minimum atomic E-state index is -3.54. The molecule has 3 rings (SSSR count). The molecule has 1 aromatic heterocycles. The molecule has 8 heteroatoms. The third-order valence-corrected chi connectivity index (χ3v) is 6.58. The van der Waals surface area contributed by atoms with Gasteiger partial charge in [0, 0.05) is 18.0 Å². The normalized spacial score (nSPS) is 18.1. The van der Waals surface area contributed by atoms with E-state index in [1.54, 1.807) is 13.0 Å². The summed E-state index contributed by atoms with van der Waals surface area (Å²) >= 11 is 0. The number of aromatic nitrogens is 1. The molecule has 1 aliphatic rings. The smallest absolute Gasteiger partial charge is 0.245 e. The fourth-order valence-corrected chi connectivity index (χ4v) is 4.30. The first-order valence-electron chi connectivity index (χ1n) is 8.96. The molecule has 1 amide bonds. The molecule has 146 valence electrons. The number of fused-ring (bicyclic) bond motifs is 1. The lowest BCUT2D eigenvalue weighted by molar-refractivity contribution is -0.120. The predicted molar refractivity (Wildman–Crippen MR) is 103 cm³/mol. The number of hydrogen-bond acceptors (Lipinski definition) is 5. The summed E-state index contributed by atoms with van der Waals surface area (Å²) in [5.74, 6) is -0.258. The van der Waals surface area contributed by atoms with E-state index in [9.17, 15) is 13.2 Å². The van der Waals surface area contributed by atoms with Gasteiger partial charge < -0.3 is 4.52 Å². The van der Waals surface area contributed by atoms with E-state index in [1.807, 2.05) is 45.0 Å². The van der Waals surface area contributed by atoms with Crippen molar-refractivity contribution in [1.29, 1.82) is 0 Å². The number of rotatable bonds is 4. The van der Waals surface area contributed by atoms with Crippen LogP contribution in [0.15, 0.2) is 34.9 Å². The molecular weight excluding hydrogens is 366 g/mol. The van der Waals surface area contributed by atoms with E-state index in [-0.39, 0.29) is 23.6 Å². The molecule has 0 saturated heterocycles. The van der Waals surface area contributed by atoms with Crippen LogP contribution in [0.2, 0.25) is 0 Å². The second-order valence-corrected chi connectivity index (χ2v) is 9.96. The Hall–Kier alpha value is -2.19. The monoisotopic (exact) mass is 391 g/mol. The van der Waals surface area contributed by atoms with E-state index in [0.717, 1.165) is 11.1 Å². The number of nitrogens with one attached hydrogen (secondary N) is 1. The Bertz CT molecular complexity index is 944. The van der Waals surface area contributed by atoms with Gasteiger partial charge in [0.2, 0.25) is 21.8 Å². The average Bonchev–Trinajstić information content (AvgIpc) is 3.09. The van der Waals surface area contributed by atoms with E-state index >= 15 is 0 Å². The van der Waals surface area contributed by atoms with E-state index in [1.165, 1.54) is 4.31 Å². The first-order chi connectivity index (χ1) is 12.6. The minimum absolute atomic E-state index is 0.0601. The van der Waals surface area contributed by atoms with Gasteiger partial charge in [0.05, 0.1) is 11.4 Å². The van der Waals surface area contributed by atoms with E-state index < -0.39 is 22.0 Å². The molecule has 1 aliphatic heterocycles. The quantitative estimate of drug-likeness (QED) is 0.865. The first-order valence-corrected chi connectivity index (χ1v) is 10.6. The van der Waals surface area contributed by atoms with Crippen LogP contribution in [0.1, 0.15) is 44.5 Å². The van der Waals surface area contributed by atoms with Gasteiger partial charge >= 0.3 is 0 Å². The van der Waals surface area contributed by atoms with Crippen LogP contribution in [0.25, 0.3) is 0 Å². The number of carbonyl (C=O) groups is 1. The Kier molecular flexibility index (Phi) is 5.14. The molecule has 0 radical (unpaired) electrons. The van der Waals surface area contributed by atoms with Crippen LogP contribution in [0, 0.1) is 0 Å². The van der Waals surface area contributed by atoms with Crippen molar-refractivity contribution < 1.29 is 17.7 Å². The lowest BCUT2D eigenvalue weighted by Gasteiger charge is -2.34. The van der Waals surface area contributed by atoms with Gasteiger partial charge in [0.1, 0.15) is 6.04 Å². The van der Waals surface area contributed by atoms with Crippen LogP contribution >= 0.6 is 0 Å². The highest BCUT2D eigenvalue weighted by atomic mass is 32.2. The zero-order valence-electron chi connectivity index (χ0n) is 16.0. The summed E-state index contributed by atoms with van der Waals surface area (Å²) in [4.78, 5) is 12.9. The van der Waals surface area contributed by atoms with Crippen molar-refractivity contribution in [1.82, 2.24) is 9.46 Å². The van der Waals surface area contributed by atoms with Crippen molar-refractivity contribution in [2.75, 3.05) is 11.1 Å². The Morgan fingerprint density at radius 2 is 1.96 bits per heavy atom. The standard InChI is InChI=1S/C19H25N3O4S/c1-5-27(24,25)22-12-14-9-7-6-8-13(14)10-15(22)18(23)20-17-11-16(21-26-17)19(2,3)4/h6-9,11,15H,5,10,12H2,1-4H3,(H,20,23)/t15-/m1/s1. The summed E-state index contributed by atoms with van der Waals surface area (Å²) in [6.07, 6.45) is 0.321. The zero-order chi connectivity index (χ0) is 19.8. The predicted octanol–water partition coefficient (Wildman–Crippen LogP) is 2.69. The van der Waals surface area contributed by atoms with Crippen LogP contribution in [0.5, 0.6) is 0 Å². The summed E-state index contributed by atoms with van der Waals surface area (Å²) < 4.78 is 31.7. The zero-order valence-corrected chi connectivity index (χ0v) is 16.8. The maximum Gasteiger partial charge on any atom is 0.245 e. The lowest BCUT2D eigenvalue weighted by Crippen LogP contribution is -2.51. The molecule has 7 nitrogen and oxygen atoms in total. The van der Waals surface area contributed by atoms with Crippen molar-refractivity contribution >= 4 is 21.8 Å². The molecule has 1 N–H and O–H groups in total. The van der Waals surface area contributed by atoms with Crippen LogP contribution in [-0.2, 0) is 33.2 Å². The molecule has 0 bridgehead atoms. The number of benzene rings is 1. The number of anilines is 1. The number of hydrogen-bond donors (Lipinski definition) is 1. The van der Waals surface area contributed by atoms with Crippen molar-refractivity contribution in [3.05, 3.63) is 47.2 Å². The van der Waals surface area contributed by atoms with Gasteiger partial charge in [-0.1, -0.05) is 50.2 Å². The maximum atomic E-state index is 12.9. The Balaban J connectivity index is 1.87. The fraction of sp³-hybridized carbons (Fsp3) is 0.474. The Labute approximate surface area is 159 Å². The molecule has 0 spiro atoms. The van der Waals surface area contributed by atoms with Crippen LogP contribution in [0.4, 0.5) is 5.88 Å². The van der Waals surface area contributed by atoms with Crippen molar-refractivity contribution in [2.24, 2.45) is 0 Å². The molecule has 2 heterocycles. The topological polar surface area (TPSA) is 92.5 Å². The summed E-state index contributed by atoms with van der Waals surface area (Å²) in [6.45, 7) is 7.74. The van der Waals surface area contributed by atoms with Crippen molar-refractivity contribution in [2.45, 2.75) is 52.1 Å². The number of carbonyl (C=O) groups excluding carboxylic acids is 1. The molecule has 2 aromatic rings. The highest BCUT2D eigenvalue weighted by Crippen LogP contribution is 2.28. The van der Waals surface area contributed by atoms with E-state index in [2.05, 4.69) is 10.5 Å². The number of nitrogens with zero attached hydrogens (tertiary/aromatic N) is 2. The maximum absolute atomic E-state index is 12.9. The van der Waals surface area contributed by atoms with Gasteiger partial charge in [0.15, 0.2) is 0 Å². The van der Waals surface area contributed by atoms with Crippen molar-refractivity contribution in [3.8, 4) is 0 Å². The minimum Gasteiger partial charge on any atom is -0.338 e. The highest BCUT2D eigenvalue weighted by molar-refractivity contribution is 7.89. The Morgan fingerprint density at radius 1 is 1.30 bits per heavy atom. The largest absolute Gasteiger partial charge is 0.338 e. The molecule has 27 heavy (non-hydrogen) atoms. The van der Waals surface area contributed by atoms with Gasteiger partial charge in [-0.05, 0) is 24.5 Å². The van der Waals surface area contributed by atoms with Gasteiger partial charge in [-0.25, -0.2) is 8.42 Å². The van der Waals surface area contributed by atoms with Gasteiger partial charge in [-0.15, -0.1) is 0 Å². The average molecular weight is 391 g/mol. The summed E-state index contributed by atoms with van der Waals surface area (Å²) in [6, 6.07) is 8.44. The third kappa shape index (κ3) is 4.06. The van der Waals surface area contributed by atoms with Crippen LogP contribution in [-0.4, -0.2) is 35.6 Å². The lowest BCUT2D eigenvalue weighted by atomic mass is 9.92. The van der Waals surface area contributed by atoms with Crippen molar-refractivity contribution in [3.63, 3.8) is 0 Å². The number of sulfonamides is 1. The molecule has 1 atom stereocenters. The fourth-order valence-electron chi connectivity index (χ4n) is 3.07. The third-order valence-electron chi connectivity index (χ3n) is 4.76. The summed E-state index contributed by atoms with van der Waals surface area (Å²) in [5.41, 5.74) is 2.40. The van der Waals surface area contributed by atoms with E-state index in [4.69, 9.17) is 4.52 Å². The molecule has 0 aliphatic carbocycles. The van der Waals surface area contributed by atoms with E-state index in [0.29, 0.717) is 12.1 Å². The summed E-state index contributed by atoms with van der Waals surface area (Å²) in [7, 11) is -3.54. The summed E-state index contributed by atoms with van der Waals surface area (Å²) in [5, 5.41) is 6.67. The second-order valence-electron chi connectivity index (χ2n) is 7.75. The van der Waals surface area contributed by atoms with Gasteiger partial charge in [-0.3, -0.25) is 10.1 Å². The SMILES string of the molecule is CCS(=O)(=O)N1Cc2ccccc2C[C@@H]1C(=O)Nc1cc(C(C)(C)C)no1. The molecule has 0 saturated carbocycles. The molecule has 0 unspecified atom stereocenters. The molecular formula is C19H25N3O4S. The number of amides is 1. The Morgan fingerprint density at radius 3 is 2.56 bits per heavy atom. The molecule has 0 fully saturated rings. The van der Waals surface area contributed by atoms with Crippen LogP contribution in [0.3, 0.4) is 0 Å². The van der Waals surface area contributed by atoms with Crippen LogP contribution < -0.4 is 5.32 Å². The van der Waals surface area contributed by atoms with Gasteiger partial charge in [-0.2, -0.15) is 4.31 Å². The highest BCUT2D eigenvalue weighted by Gasteiger charge is 2.38. The second kappa shape index (κ2) is 7.09.